The first-order chi connectivity index (χ1) is 7.27. The number of oxime groups is 1. The molecule has 0 spiro atoms. The molecule has 1 aliphatic rings. The second-order valence-corrected chi connectivity index (χ2v) is 3.51. The van der Waals surface area contributed by atoms with Gasteiger partial charge in [-0.3, -0.25) is 0 Å². The highest BCUT2D eigenvalue weighted by molar-refractivity contribution is 6.41. The third-order valence-electron chi connectivity index (χ3n) is 2.42. The third kappa shape index (κ3) is 3.73. The number of carbonyl (C=O) groups is 1. The maximum Gasteiger partial charge on any atom is 0.360 e. The molecule has 0 unspecified atom stereocenters. The average Bonchev–Trinajstić information content (AvgIpc) is 2.29. The Labute approximate surface area is 89.9 Å². The summed E-state index contributed by atoms with van der Waals surface area (Å²) in [5.74, 6) is -0.449. The molecule has 4 heteroatoms. The Kier molecular flexibility index (Phi) is 4.87. The van der Waals surface area contributed by atoms with Crippen LogP contribution in [0.25, 0.3) is 0 Å². The summed E-state index contributed by atoms with van der Waals surface area (Å²) in [6, 6.07) is 0. The molecule has 0 aromatic carbocycles. The van der Waals surface area contributed by atoms with Crippen molar-refractivity contribution in [2.45, 2.75) is 32.1 Å². The number of allylic oxidation sites excluding steroid dienone is 1. The number of methoxy groups -OCH3 is 1. The fourth-order valence-electron chi connectivity index (χ4n) is 1.67. The molecule has 0 N–H and O–H groups in total. The van der Waals surface area contributed by atoms with E-state index in [0.29, 0.717) is 0 Å². The first-order valence-corrected chi connectivity index (χ1v) is 5.17. The lowest BCUT2D eigenvalue weighted by atomic mass is 9.94. The topological polar surface area (TPSA) is 47.9 Å². The van der Waals surface area contributed by atoms with Crippen molar-refractivity contribution in [3.8, 4) is 0 Å². The molecule has 1 aliphatic carbocycles. The molecule has 84 valence electrons. The van der Waals surface area contributed by atoms with Crippen molar-refractivity contribution < 1.29 is 14.4 Å². The summed E-state index contributed by atoms with van der Waals surface area (Å²) in [5, 5.41) is 3.65. The molecule has 0 amide bonds. The highest BCUT2D eigenvalue weighted by Crippen LogP contribution is 2.22. The molecule has 0 saturated heterocycles. The highest BCUT2D eigenvalue weighted by atomic mass is 16.6. The van der Waals surface area contributed by atoms with Crippen molar-refractivity contribution in [3.63, 3.8) is 0 Å². The molecule has 0 aromatic rings. The number of hydrogen-bond acceptors (Lipinski definition) is 4. The van der Waals surface area contributed by atoms with Gasteiger partial charge in [0.15, 0.2) is 5.71 Å². The zero-order valence-corrected chi connectivity index (χ0v) is 9.28. The Hall–Kier alpha value is -1.32. The minimum atomic E-state index is -0.449. The second-order valence-electron chi connectivity index (χ2n) is 3.51. The van der Waals surface area contributed by atoms with E-state index in [4.69, 9.17) is 0 Å². The molecular weight excluding hydrogens is 194 g/mol. The van der Waals surface area contributed by atoms with Crippen molar-refractivity contribution in [1.29, 1.82) is 0 Å². The van der Waals surface area contributed by atoms with Crippen LogP contribution in [0.15, 0.2) is 16.8 Å². The lowest BCUT2D eigenvalue weighted by Crippen LogP contribution is -2.15. The summed E-state index contributed by atoms with van der Waals surface area (Å²) >= 11 is 0. The Morgan fingerprint density at radius 1 is 1.27 bits per heavy atom. The maximum atomic E-state index is 11.3. The van der Waals surface area contributed by atoms with Gasteiger partial charge >= 0.3 is 5.97 Å². The van der Waals surface area contributed by atoms with Crippen molar-refractivity contribution in [2.24, 2.45) is 5.16 Å². The third-order valence-corrected chi connectivity index (χ3v) is 2.42. The minimum Gasteiger partial charge on any atom is -0.464 e. The second kappa shape index (κ2) is 6.22. The van der Waals surface area contributed by atoms with Crippen LogP contribution in [0.2, 0.25) is 0 Å². The molecule has 0 radical (unpaired) electrons. The van der Waals surface area contributed by atoms with Gasteiger partial charge in [0.05, 0.1) is 7.11 Å². The fraction of sp³-hybridized carbons (Fsp3) is 0.636. The lowest BCUT2D eigenvalue weighted by molar-refractivity contribution is -0.132. The van der Waals surface area contributed by atoms with Gasteiger partial charge in [-0.15, -0.1) is 0 Å². The van der Waals surface area contributed by atoms with Crippen LogP contribution in [0.5, 0.6) is 0 Å². The largest absolute Gasteiger partial charge is 0.464 e. The smallest absolute Gasteiger partial charge is 0.360 e. The minimum absolute atomic E-state index is 0.247. The summed E-state index contributed by atoms with van der Waals surface area (Å²) in [6.07, 6.45) is 7.51. The Balaban J connectivity index is 2.72. The lowest BCUT2D eigenvalue weighted by Gasteiger charge is -2.13. The Morgan fingerprint density at radius 3 is 2.47 bits per heavy atom. The van der Waals surface area contributed by atoms with Gasteiger partial charge in [-0.1, -0.05) is 17.1 Å². The summed E-state index contributed by atoms with van der Waals surface area (Å²) in [5.41, 5.74) is 1.50. The van der Waals surface area contributed by atoms with E-state index in [0.717, 1.165) is 12.8 Å². The normalized spacial score (nSPS) is 17.2. The van der Waals surface area contributed by atoms with Crippen LogP contribution in [0, 0.1) is 0 Å². The molecule has 15 heavy (non-hydrogen) atoms. The van der Waals surface area contributed by atoms with E-state index in [-0.39, 0.29) is 5.71 Å². The number of ether oxygens (including phenoxy) is 1. The molecule has 1 saturated carbocycles. The van der Waals surface area contributed by atoms with Crippen LogP contribution >= 0.6 is 0 Å². The molecule has 0 atom stereocenters. The molecule has 0 heterocycles. The number of rotatable bonds is 3. The summed E-state index contributed by atoms with van der Waals surface area (Å²) < 4.78 is 4.61. The van der Waals surface area contributed by atoms with Gasteiger partial charge in [0, 0.05) is 0 Å². The fourth-order valence-corrected chi connectivity index (χ4v) is 1.67. The van der Waals surface area contributed by atoms with E-state index >= 15 is 0 Å². The van der Waals surface area contributed by atoms with Crippen LogP contribution in [-0.2, 0) is 14.4 Å². The first-order valence-electron chi connectivity index (χ1n) is 5.17. The summed E-state index contributed by atoms with van der Waals surface area (Å²) in [4.78, 5) is 15.9. The quantitative estimate of drug-likeness (QED) is 0.408. The Bertz CT molecular complexity index is 274. The zero-order valence-electron chi connectivity index (χ0n) is 9.28. The van der Waals surface area contributed by atoms with Crippen molar-refractivity contribution in [1.82, 2.24) is 0 Å². The van der Waals surface area contributed by atoms with Crippen molar-refractivity contribution >= 4 is 11.7 Å². The summed E-state index contributed by atoms with van der Waals surface area (Å²) in [6.45, 7) is 0. The van der Waals surface area contributed by atoms with E-state index < -0.39 is 5.97 Å². The predicted octanol–water partition coefficient (Wildman–Crippen LogP) is 2.05. The van der Waals surface area contributed by atoms with Crippen LogP contribution in [0.3, 0.4) is 0 Å². The SMILES string of the molecule is CON=C(C=C1CCCCC1)C(=O)OC. The van der Waals surface area contributed by atoms with E-state index in [9.17, 15) is 4.79 Å². The number of carbonyl (C=O) groups excluding carboxylic acids is 1. The maximum absolute atomic E-state index is 11.3. The zero-order chi connectivity index (χ0) is 11.1. The predicted molar refractivity (Wildman–Crippen MR) is 57.6 cm³/mol. The van der Waals surface area contributed by atoms with Gasteiger partial charge in [-0.05, 0) is 31.8 Å². The number of nitrogens with zero attached hydrogens (tertiary/aromatic N) is 1. The molecule has 1 rings (SSSR count). The van der Waals surface area contributed by atoms with E-state index in [1.54, 1.807) is 6.08 Å². The molecule has 0 bridgehead atoms. The van der Waals surface area contributed by atoms with Gasteiger partial charge in [0.2, 0.25) is 0 Å². The molecule has 1 fully saturated rings. The van der Waals surface area contributed by atoms with Gasteiger partial charge in [-0.2, -0.15) is 0 Å². The average molecular weight is 211 g/mol. The number of hydrogen-bond donors (Lipinski definition) is 0. The van der Waals surface area contributed by atoms with Crippen LogP contribution in [-0.4, -0.2) is 25.9 Å². The summed E-state index contributed by atoms with van der Waals surface area (Å²) in [7, 11) is 2.76. The van der Waals surface area contributed by atoms with Gasteiger partial charge < -0.3 is 9.57 Å². The molecule has 0 aromatic heterocycles. The van der Waals surface area contributed by atoms with E-state index in [1.807, 2.05) is 0 Å². The van der Waals surface area contributed by atoms with E-state index in [1.165, 1.54) is 39.1 Å². The van der Waals surface area contributed by atoms with Crippen molar-refractivity contribution in [2.75, 3.05) is 14.2 Å². The van der Waals surface area contributed by atoms with Gasteiger partial charge in [0.1, 0.15) is 7.11 Å². The van der Waals surface area contributed by atoms with Crippen LogP contribution in [0.1, 0.15) is 32.1 Å². The standard InChI is InChI=1S/C11H17NO3/c1-14-11(13)10(12-15-2)8-9-6-4-3-5-7-9/h8H,3-7H2,1-2H3. The molecule has 0 aliphatic heterocycles. The number of esters is 1. The van der Waals surface area contributed by atoms with Crippen molar-refractivity contribution in [3.05, 3.63) is 11.6 Å². The molecular formula is C11H17NO3. The molecule has 4 nitrogen and oxygen atoms in total. The Morgan fingerprint density at radius 2 is 1.93 bits per heavy atom. The van der Waals surface area contributed by atoms with Gasteiger partial charge in [-0.25, -0.2) is 4.79 Å². The highest BCUT2D eigenvalue weighted by Gasteiger charge is 2.13. The van der Waals surface area contributed by atoms with Crippen LogP contribution < -0.4 is 0 Å². The van der Waals surface area contributed by atoms with E-state index in [2.05, 4.69) is 14.7 Å². The van der Waals surface area contributed by atoms with Gasteiger partial charge in [0.25, 0.3) is 0 Å². The first kappa shape index (κ1) is 11.8. The van der Waals surface area contributed by atoms with Crippen LogP contribution in [0.4, 0.5) is 0 Å². The monoisotopic (exact) mass is 211 g/mol.